The molecule has 4 nitrogen and oxygen atoms in total. The van der Waals surface area contributed by atoms with Crippen LogP contribution in [0.2, 0.25) is 0 Å². The molecular weight excluding hydrogens is 297 g/mol. The third-order valence-electron chi connectivity index (χ3n) is 3.37. The van der Waals surface area contributed by atoms with Gasteiger partial charge in [0, 0.05) is 19.7 Å². The molecule has 0 atom stereocenters. The summed E-state index contributed by atoms with van der Waals surface area (Å²) in [5.74, 6) is 0.203. The molecule has 23 heavy (non-hydrogen) atoms. The molecule has 0 bridgehead atoms. The third kappa shape index (κ3) is 5.07. The standard InChI is InChI=1S/C18H20FNO3/c1-20(11-12-23-17-9-7-16(19)8-10-17)18(21)15-5-3-14(4-6-15)13-22-2/h3-10H,11-13H2,1-2H3. The van der Waals surface area contributed by atoms with Gasteiger partial charge in [0.25, 0.3) is 5.91 Å². The minimum atomic E-state index is -0.304. The summed E-state index contributed by atoms with van der Waals surface area (Å²) in [4.78, 5) is 13.9. The van der Waals surface area contributed by atoms with Crippen LogP contribution in [0.5, 0.6) is 5.75 Å². The molecule has 2 aromatic carbocycles. The van der Waals surface area contributed by atoms with Crippen LogP contribution in [0.25, 0.3) is 0 Å². The highest BCUT2D eigenvalue weighted by atomic mass is 19.1. The number of hydrogen-bond acceptors (Lipinski definition) is 3. The highest BCUT2D eigenvalue weighted by molar-refractivity contribution is 5.94. The zero-order chi connectivity index (χ0) is 16.7. The minimum Gasteiger partial charge on any atom is -0.492 e. The molecule has 0 aliphatic heterocycles. The predicted molar refractivity (Wildman–Crippen MR) is 86.0 cm³/mol. The van der Waals surface area contributed by atoms with E-state index in [0.717, 1.165) is 5.56 Å². The van der Waals surface area contributed by atoms with E-state index < -0.39 is 0 Å². The van der Waals surface area contributed by atoms with Crippen LogP contribution >= 0.6 is 0 Å². The normalized spacial score (nSPS) is 10.4. The number of carbonyl (C=O) groups excluding carboxylic acids is 1. The zero-order valence-electron chi connectivity index (χ0n) is 13.3. The van der Waals surface area contributed by atoms with E-state index in [1.165, 1.54) is 12.1 Å². The molecule has 0 N–H and O–H groups in total. The molecule has 0 aliphatic rings. The second-order valence-corrected chi connectivity index (χ2v) is 5.16. The molecule has 0 aromatic heterocycles. The van der Waals surface area contributed by atoms with E-state index in [2.05, 4.69) is 0 Å². The van der Waals surface area contributed by atoms with Crippen LogP contribution in [0.15, 0.2) is 48.5 Å². The van der Waals surface area contributed by atoms with Crippen LogP contribution in [0.3, 0.4) is 0 Å². The maximum Gasteiger partial charge on any atom is 0.253 e. The largest absolute Gasteiger partial charge is 0.492 e. The Labute approximate surface area is 135 Å². The first-order valence-corrected chi connectivity index (χ1v) is 7.32. The van der Waals surface area contributed by atoms with Crippen molar-refractivity contribution in [1.82, 2.24) is 4.90 Å². The first-order valence-electron chi connectivity index (χ1n) is 7.32. The number of carbonyl (C=O) groups is 1. The van der Waals surface area contributed by atoms with Crippen molar-refractivity contribution in [3.63, 3.8) is 0 Å². The van der Waals surface area contributed by atoms with Gasteiger partial charge in [-0.25, -0.2) is 4.39 Å². The molecule has 0 radical (unpaired) electrons. The number of nitrogens with zero attached hydrogens (tertiary/aromatic N) is 1. The summed E-state index contributed by atoms with van der Waals surface area (Å²) in [6.07, 6.45) is 0. The predicted octanol–water partition coefficient (Wildman–Crippen LogP) is 3.12. The van der Waals surface area contributed by atoms with Crippen molar-refractivity contribution in [2.45, 2.75) is 6.61 Å². The van der Waals surface area contributed by atoms with E-state index in [1.54, 1.807) is 43.3 Å². The summed E-state index contributed by atoms with van der Waals surface area (Å²) in [6, 6.07) is 13.1. The summed E-state index contributed by atoms with van der Waals surface area (Å²) in [6.45, 7) is 1.31. The maximum atomic E-state index is 12.8. The highest BCUT2D eigenvalue weighted by Crippen LogP contribution is 2.11. The number of halogens is 1. The Hall–Kier alpha value is -2.40. The van der Waals surface area contributed by atoms with Gasteiger partial charge in [0.15, 0.2) is 0 Å². The van der Waals surface area contributed by atoms with Gasteiger partial charge in [-0.3, -0.25) is 4.79 Å². The Kier molecular flexibility index (Phi) is 6.11. The SMILES string of the molecule is COCc1ccc(C(=O)N(C)CCOc2ccc(F)cc2)cc1. The summed E-state index contributed by atoms with van der Waals surface area (Å²) in [5.41, 5.74) is 1.64. The van der Waals surface area contributed by atoms with Crippen LogP contribution in [-0.4, -0.2) is 38.1 Å². The average Bonchev–Trinajstić information content (AvgIpc) is 2.57. The molecule has 122 valence electrons. The lowest BCUT2D eigenvalue weighted by Crippen LogP contribution is -2.30. The molecule has 5 heteroatoms. The molecule has 0 saturated carbocycles. The van der Waals surface area contributed by atoms with Crippen LogP contribution in [0.4, 0.5) is 4.39 Å². The summed E-state index contributed by atoms with van der Waals surface area (Å²) in [7, 11) is 3.35. The van der Waals surface area contributed by atoms with Gasteiger partial charge >= 0.3 is 0 Å². The van der Waals surface area contributed by atoms with Gasteiger partial charge in [0.2, 0.25) is 0 Å². The maximum absolute atomic E-state index is 12.8. The van der Waals surface area contributed by atoms with Gasteiger partial charge in [-0.2, -0.15) is 0 Å². The van der Waals surface area contributed by atoms with Gasteiger partial charge in [-0.05, 0) is 42.0 Å². The van der Waals surface area contributed by atoms with Crippen LogP contribution in [0, 0.1) is 5.82 Å². The number of rotatable bonds is 7. The average molecular weight is 317 g/mol. The number of methoxy groups -OCH3 is 1. The Morgan fingerprint density at radius 2 is 1.74 bits per heavy atom. The lowest BCUT2D eigenvalue weighted by Gasteiger charge is -2.17. The second-order valence-electron chi connectivity index (χ2n) is 5.16. The number of likely N-dealkylation sites (N-methyl/N-ethyl adjacent to an activating group) is 1. The van der Waals surface area contributed by atoms with Crippen LogP contribution < -0.4 is 4.74 Å². The molecule has 0 unspecified atom stereocenters. The van der Waals surface area contributed by atoms with Crippen LogP contribution in [0.1, 0.15) is 15.9 Å². The van der Waals surface area contributed by atoms with E-state index in [4.69, 9.17) is 9.47 Å². The molecule has 1 amide bonds. The number of amides is 1. The van der Waals surface area contributed by atoms with Gasteiger partial charge in [-0.15, -0.1) is 0 Å². The summed E-state index contributed by atoms with van der Waals surface area (Å²) < 4.78 is 23.3. The molecule has 0 saturated heterocycles. The van der Waals surface area contributed by atoms with E-state index in [-0.39, 0.29) is 11.7 Å². The fourth-order valence-electron chi connectivity index (χ4n) is 2.06. The molecule has 0 fully saturated rings. The highest BCUT2D eigenvalue weighted by Gasteiger charge is 2.11. The molecule has 2 rings (SSSR count). The van der Waals surface area contributed by atoms with Crippen molar-refractivity contribution in [3.05, 3.63) is 65.5 Å². The first-order chi connectivity index (χ1) is 11.1. The minimum absolute atomic E-state index is 0.0725. The molecular formula is C18H20FNO3. The van der Waals surface area contributed by atoms with Gasteiger partial charge in [-0.1, -0.05) is 12.1 Å². The number of ether oxygens (including phenoxy) is 2. The molecule has 0 spiro atoms. The topological polar surface area (TPSA) is 38.8 Å². The fourth-order valence-corrected chi connectivity index (χ4v) is 2.06. The Balaban J connectivity index is 1.83. The van der Waals surface area contributed by atoms with Crippen molar-refractivity contribution in [2.24, 2.45) is 0 Å². The van der Waals surface area contributed by atoms with Gasteiger partial charge in [0.1, 0.15) is 18.2 Å². The first kappa shape index (κ1) is 17.0. The van der Waals surface area contributed by atoms with Crippen molar-refractivity contribution in [2.75, 3.05) is 27.3 Å². The lowest BCUT2D eigenvalue weighted by atomic mass is 10.1. The smallest absolute Gasteiger partial charge is 0.253 e. The lowest BCUT2D eigenvalue weighted by molar-refractivity contribution is 0.0773. The Morgan fingerprint density at radius 1 is 1.09 bits per heavy atom. The molecule has 0 aliphatic carbocycles. The fraction of sp³-hybridized carbons (Fsp3) is 0.278. The quantitative estimate of drug-likeness (QED) is 0.787. The van der Waals surface area contributed by atoms with Crippen molar-refractivity contribution >= 4 is 5.91 Å². The monoisotopic (exact) mass is 317 g/mol. The summed E-state index contributed by atoms with van der Waals surface area (Å²) >= 11 is 0. The van der Waals surface area contributed by atoms with Gasteiger partial charge in [0.05, 0.1) is 13.2 Å². The third-order valence-corrected chi connectivity index (χ3v) is 3.37. The molecule has 2 aromatic rings. The van der Waals surface area contributed by atoms with Crippen molar-refractivity contribution in [3.8, 4) is 5.75 Å². The second kappa shape index (κ2) is 8.29. The number of benzene rings is 2. The Bertz CT molecular complexity index is 626. The van der Waals surface area contributed by atoms with Crippen molar-refractivity contribution < 1.29 is 18.7 Å². The molecule has 0 heterocycles. The van der Waals surface area contributed by atoms with Crippen molar-refractivity contribution in [1.29, 1.82) is 0 Å². The van der Waals surface area contributed by atoms with Crippen LogP contribution in [-0.2, 0) is 11.3 Å². The van der Waals surface area contributed by atoms with Gasteiger partial charge < -0.3 is 14.4 Å². The zero-order valence-corrected chi connectivity index (χ0v) is 13.3. The van der Waals surface area contributed by atoms with E-state index >= 15 is 0 Å². The Morgan fingerprint density at radius 3 is 2.35 bits per heavy atom. The van der Waals surface area contributed by atoms with E-state index in [1.807, 2.05) is 12.1 Å². The number of hydrogen-bond donors (Lipinski definition) is 0. The van der Waals surface area contributed by atoms with E-state index in [0.29, 0.717) is 31.1 Å². The summed E-state index contributed by atoms with van der Waals surface area (Å²) in [5, 5.41) is 0. The van der Waals surface area contributed by atoms with E-state index in [9.17, 15) is 9.18 Å².